The van der Waals surface area contributed by atoms with Crippen molar-refractivity contribution in [1.82, 2.24) is 4.90 Å². The van der Waals surface area contributed by atoms with Gasteiger partial charge in [-0.25, -0.2) is 0 Å². The number of fused-ring (bicyclic) bond motifs is 1. The molecule has 178 valence electrons. The Bertz CT molecular complexity index is 1260. The summed E-state index contributed by atoms with van der Waals surface area (Å²) in [6.45, 7) is 0.213. The summed E-state index contributed by atoms with van der Waals surface area (Å²) in [6, 6.07) is 16.3. The van der Waals surface area contributed by atoms with Gasteiger partial charge in [-0.15, -0.1) is 0 Å². The second kappa shape index (κ2) is 9.94. The van der Waals surface area contributed by atoms with Gasteiger partial charge in [0.1, 0.15) is 5.70 Å². The Balaban J connectivity index is 1.65. The van der Waals surface area contributed by atoms with Crippen molar-refractivity contribution in [2.24, 2.45) is 0 Å². The average molecular weight is 502 g/mol. The van der Waals surface area contributed by atoms with Crippen molar-refractivity contribution in [2.45, 2.75) is 6.42 Å². The molecule has 0 spiro atoms. The van der Waals surface area contributed by atoms with Crippen LogP contribution in [-0.4, -0.2) is 59.4 Å². The number of aliphatic hydroxyl groups excluding tert-OH is 1. The first-order valence-corrected chi connectivity index (χ1v) is 12.6. The van der Waals surface area contributed by atoms with E-state index >= 15 is 0 Å². The van der Waals surface area contributed by atoms with Crippen LogP contribution in [0.15, 0.2) is 78.3 Å². The SMILES string of the molecule is O=C1/C(=C\C=C2\Oc3ccccc3N2CCCS(=O)(=O)O)N(CCO)C(=S)N1c1ccccc1. The molecular weight excluding hydrogens is 478 g/mol. The number of benzene rings is 2. The number of carbonyl (C=O) groups excluding carboxylic acids is 1. The molecule has 2 heterocycles. The Hall–Kier alpha value is -3.25. The zero-order valence-corrected chi connectivity index (χ0v) is 19.7. The van der Waals surface area contributed by atoms with Crippen molar-refractivity contribution >= 4 is 44.7 Å². The molecule has 2 aliphatic rings. The van der Waals surface area contributed by atoms with E-state index in [4.69, 9.17) is 21.5 Å². The van der Waals surface area contributed by atoms with E-state index in [-0.39, 0.29) is 48.6 Å². The lowest BCUT2D eigenvalue weighted by Gasteiger charge is -2.19. The van der Waals surface area contributed by atoms with Crippen LogP contribution in [0.2, 0.25) is 0 Å². The number of hydrogen-bond acceptors (Lipinski definition) is 7. The molecule has 2 N–H and O–H groups in total. The van der Waals surface area contributed by atoms with Crippen LogP contribution in [0.3, 0.4) is 0 Å². The first kappa shape index (κ1) is 23.9. The van der Waals surface area contributed by atoms with Crippen LogP contribution < -0.4 is 14.5 Å². The van der Waals surface area contributed by atoms with Crippen LogP contribution in [0.25, 0.3) is 0 Å². The fraction of sp³-hybridized carbons (Fsp3) is 0.217. The van der Waals surface area contributed by atoms with Gasteiger partial charge >= 0.3 is 0 Å². The van der Waals surface area contributed by atoms with E-state index in [0.29, 0.717) is 17.3 Å². The second-order valence-corrected chi connectivity index (χ2v) is 9.49. The average Bonchev–Trinajstić information content (AvgIpc) is 3.27. The lowest BCUT2D eigenvalue weighted by atomic mass is 10.2. The Labute approximate surface area is 202 Å². The van der Waals surface area contributed by atoms with Crippen LogP contribution in [0.5, 0.6) is 5.75 Å². The second-order valence-electron chi connectivity index (χ2n) is 7.55. The maximum absolute atomic E-state index is 13.3. The maximum atomic E-state index is 13.3. The number of hydrogen-bond donors (Lipinski definition) is 2. The molecule has 4 rings (SSSR count). The molecule has 2 aromatic carbocycles. The third-order valence-electron chi connectivity index (χ3n) is 5.28. The molecule has 0 radical (unpaired) electrons. The van der Waals surface area contributed by atoms with Gasteiger partial charge in [-0.3, -0.25) is 14.2 Å². The lowest BCUT2D eigenvalue weighted by Crippen LogP contribution is -2.33. The minimum Gasteiger partial charge on any atom is -0.439 e. The van der Waals surface area contributed by atoms with Crippen molar-refractivity contribution in [3.8, 4) is 5.75 Å². The van der Waals surface area contributed by atoms with Gasteiger partial charge in [0.25, 0.3) is 16.0 Å². The van der Waals surface area contributed by atoms with Crippen LogP contribution in [0.1, 0.15) is 6.42 Å². The topological polar surface area (TPSA) is 111 Å². The van der Waals surface area contributed by atoms with Crippen molar-refractivity contribution in [3.63, 3.8) is 0 Å². The first-order valence-electron chi connectivity index (χ1n) is 10.5. The zero-order valence-electron chi connectivity index (χ0n) is 18.1. The smallest absolute Gasteiger partial charge is 0.281 e. The molecule has 9 nitrogen and oxygen atoms in total. The van der Waals surface area contributed by atoms with Crippen LogP contribution in [0.4, 0.5) is 11.4 Å². The third-order valence-corrected chi connectivity index (χ3v) is 6.49. The van der Waals surface area contributed by atoms with E-state index in [1.807, 2.05) is 24.3 Å². The van der Waals surface area contributed by atoms with Crippen molar-refractivity contribution in [2.75, 3.05) is 35.2 Å². The van der Waals surface area contributed by atoms with Crippen LogP contribution >= 0.6 is 12.2 Å². The summed E-state index contributed by atoms with van der Waals surface area (Å²) in [5.74, 6) is 0.258. The minimum absolute atomic E-state index is 0.141. The van der Waals surface area contributed by atoms with Gasteiger partial charge < -0.3 is 19.6 Å². The minimum atomic E-state index is -4.09. The molecule has 0 saturated carbocycles. The van der Waals surface area contributed by atoms with E-state index in [0.717, 1.165) is 5.69 Å². The zero-order chi connectivity index (χ0) is 24.3. The first-order chi connectivity index (χ1) is 16.3. The molecule has 0 atom stereocenters. The number of thiocarbonyl (C=S) groups is 1. The monoisotopic (exact) mass is 501 g/mol. The molecule has 0 aliphatic carbocycles. The molecule has 11 heteroatoms. The molecule has 1 amide bonds. The van der Waals surface area contributed by atoms with Crippen molar-refractivity contribution in [1.29, 1.82) is 0 Å². The van der Waals surface area contributed by atoms with Gasteiger partial charge in [0.05, 0.1) is 23.7 Å². The number of amides is 1. The summed E-state index contributed by atoms with van der Waals surface area (Å²) in [5, 5.41) is 9.79. The third kappa shape index (κ3) is 4.97. The van der Waals surface area contributed by atoms with Gasteiger partial charge in [0, 0.05) is 19.2 Å². The highest BCUT2D eigenvalue weighted by Crippen LogP contribution is 2.39. The number of carbonyl (C=O) groups is 1. The van der Waals surface area contributed by atoms with Crippen molar-refractivity contribution < 1.29 is 27.6 Å². The number of aliphatic hydroxyl groups is 1. The number of para-hydroxylation sites is 3. The highest BCUT2D eigenvalue weighted by Gasteiger charge is 2.38. The summed E-state index contributed by atoms with van der Waals surface area (Å²) in [4.78, 5) is 18.0. The molecule has 0 bridgehead atoms. The van der Waals surface area contributed by atoms with Gasteiger partial charge in [-0.2, -0.15) is 8.42 Å². The number of anilines is 2. The largest absolute Gasteiger partial charge is 0.439 e. The predicted molar refractivity (Wildman–Crippen MR) is 132 cm³/mol. The normalized spacial score (nSPS) is 18.2. The van der Waals surface area contributed by atoms with Gasteiger partial charge in [0.15, 0.2) is 10.9 Å². The quantitative estimate of drug-likeness (QED) is 0.320. The molecule has 2 aliphatic heterocycles. The Morgan fingerprint density at radius 2 is 1.68 bits per heavy atom. The molecular formula is C23H23N3O6S2. The number of β-amino-alcohol motifs (C(OH)–C–C–N with tert-alkyl or cyclic N) is 1. The predicted octanol–water partition coefficient (Wildman–Crippen LogP) is 2.51. The van der Waals surface area contributed by atoms with Crippen LogP contribution in [-0.2, 0) is 14.9 Å². The van der Waals surface area contributed by atoms with E-state index in [2.05, 4.69) is 0 Å². The molecule has 1 fully saturated rings. The molecule has 2 aromatic rings. The van der Waals surface area contributed by atoms with E-state index in [1.54, 1.807) is 52.3 Å². The number of ether oxygens (including phenoxy) is 1. The Morgan fingerprint density at radius 3 is 2.38 bits per heavy atom. The highest BCUT2D eigenvalue weighted by atomic mass is 32.2. The number of nitrogens with zero attached hydrogens (tertiary/aromatic N) is 3. The summed E-state index contributed by atoms with van der Waals surface area (Å²) in [7, 11) is -4.09. The number of allylic oxidation sites excluding steroid dienone is 2. The van der Waals surface area contributed by atoms with E-state index < -0.39 is 10.1 Å². The molecule has 0 aromatic heterocycles. The molecule has 1 saturated heterocycles. The summed E-state index contributed by atoms with van der Waals surface area (Å²) in [6.07, 6.45) is 3.36. The fourth-order valence-corrected chi connectivity index (χ4v) is 4.66. The maximum Gasteiger partial charge on any atom is 0.281 e. The van der Waals surface area contributed by atoms with Crippen LogP contribution in [0, 0.1) is 0 Å². The highest BCUT2D eigenvalue weighted by molar-refractivity contribution is 7.85. The Kier molecular flexibility index (Phi) is 6.98. The van der Waals surface area contributed by atoms with E-state index in [9.17, 15) is 18.3 Å². The standard InChI is InChI=1S/C23H23N3O6S2/c27-15-14-25-19(22(28)26(23(25)33)17-7-2-1-3-8-17)11-12-21-24(13-6-16-34(29,30)31)18-9-4-5-10-20(18)32-21/h1-5,7-12,27H,6,13-16H2,(H,29,30,31)/b19-11+,21-12+. The van der Waals surface area contributed by atoms with Gasteiger partial charge in [-0.05, 0) is 49.0 Å². The molecule has 34 heavy (non-hydrogen) atoms. The van der Waals surface area contributed by atoms with E-state index in [1.165, 1.54) is 4.90 Å². The number of rotatable bonds is 8. The molecule has 0 unspecified atom stereocenters. The fourth-order valence-electron chi connectivity index (χ4n) is 3.79. The summed E-state index contributed by atoms with van der Waals surface area (Å²) in [5.41, 5.74) is 1.63. The van der Waals surface area contributed by atoms with Gasteiger partial charge in [-0.1, -0.05) is 30.3 Å². The lowest BCUT2D eigenvalue weighted by molar-refractivity contribution is -0.114. The van der Waals surface area contributed by atoms with Crippen molar-refractivity contribution in [3.05, 3.63) is 78.3 Å². The summed E-state index contributed by atoms with van der Waals surface area (Å²) < 4.78 is 37.3. The Morgan fingerprint density at radius 1 is 0.971 bits per heavy atom. The van der Waals surface area contributed by atoms with Gasteiger partial charge in [0.2, 0.25) is 5.88 Å². The summed E-state index contributed by atoms with van der Waals surface area (Å²) >= 11 is 5.52.